The third-order valence-corrected chi connectivity index (χ3v) is 9.41. The molecule has 5 fully saturated rings. The van der Waals surface area contributed by atoms with Crippen molar-refractivity contribution in [1.82, 2.24) is 0 Å². The topological polar surface area (TPSA) is 269 Å². The normalized spacial score (nSPS) is 55.6. The molecule has 0 bridgehead atoms. The molecule has 2 saturated carbocycles. The van der Waals surface area contributed by atoms with Crippen molar-refractivity contribution in [3.05, 3.63) is 0 Å². The molecule has 3 heterocycles. The second kappa shape index (κ2) is 13.4. The Kier molecular flexibility index (Phi) is 10.4. The third kappa shape index (κ3) is 6.50. The zero-order chi connectivity index (χ0) is 30.5. The van der Waals surface area contributed by atoms with E-state index >= 15 is 0 Å². The molecule has 2 aliphatic carbocycles. The van der Waals surface area contributed by atoms with Crippen LogP contribution in [0.3, 0.4) is 0 Å². The van der Waals surface area contributed by atoms with Crippen molar-refractivity contribution >= 4 is 0 Å². The maximum Gasteiger partial charge on any atom is 0.187 e. The van der Waals surface area contributed by atoms with Crippen LogP contribution in [0.5, 0.6) is 0 Å². The van der Waals surface area contributed by atoms with Gasteiger partial charge in [-0.1, -0.05) is 0 Å². The molecule has 0 aromatic carbocycles. The molecule has 3 aliphatic heterocycles. The minimum absolute atomic E-state index is 0.0584. The Hall–Kier alpha value is -0.640. The highest BCUT2D eigenvalue weighted by atomic mass is 16.8. The van der Waals surface area contributed by atoms with E-state index in [0.717, 1.165) is 0 Å². The van der Waals surface area contributed by atoms with E-state index in [-0.39, 0.29) is 38.7 Å². The predicted molar refractivity (Wildman–Crippen MR) is 134 cm³/mol. The lowest BCUT2D eigenvalue weighted by Gasteiger charge is -2.51. The molecule has 16 heteroatoms. The Morgan fingerprint density at radius 3 is 1.95 bits per heavy atom. The fraction of sp³-hybridized carbons (Fsp3) is 1.00. The third-order valence-electron chi connectivity index (χ3n) is 9.41. The van der Waals surface area contributed by atoms with E-state index in [0.29, 0.717) is 0 Å². The van der Waals surface area contributed by atoms with Crippen molar-refractivity contribution < 1.29 is 79.9 Å². The van der Waals surface area contributed by atoms with E-state index in [1.807, 2.05) is 0 Å². The molecule has 5 aliphatic rings. The van der Waals surface area contributed by atoms with E-state index in [2.05, 4.69) is 0 Å². The minimum atomic E-state index is -1.80. The maximum atomic E-state index is 10.8. The van der Waals surface area contributed by atoms with Gasteiger partial charge in [-0.2, -0.15) is 0 Å². The van der Waals surface area contributed by atoms with Crippen molar-refractivity contribution in [3.63, 3.8) is 0 Å². The lowest BCUT2D eigenvalue weighted by Crippen LogP contribution is -2.64. The van der Waals surface area contributed by atoms with Crippen LogP contribution in [0.4, 0.5) is 0 Å². The summed E-state index contributed by atoms with van der Waals surface area (Å²) in [6, 6.07) is 0. The number of ether oxygens (including phenoxy) is 5. The Morgan fingerprint density at radius 1 is 0.595 bits per heavy atom. The molecule has 16 nitrogen and oxygen atoms in total. The van der Waals surface area contributed by atoms with Gasteiger partial charge in [0, 0.05) is 5.92 Å². The lowest BCUT2D eigenvalue weighted by molar-refractivity contribution is -0.368. The fourth-order valence-electron chi connectivity index (χ4n) is 7.00. The summed E-state index contributed by atoms with van der Waals surface area (Å²) in [5, 5.41) is 113. The largest absolute Gasteiger partial charge is 0.394 e. The first-order valence-electron chi connectivity index (χ1n) is 14.5. The number of hydrogen-bond acceptors (Lipinski definition) is 16. The Morgan fingerprint density at radius 2 is 1.29 bits per heavy atom. The van der Waals surface area contributed by atoms with Gasteiger partial charge in [0.2, 0.25) is 0 Å². The number of fused-ring (bicyclic) bond motifs is 1. The molecular weight excluding hydrogens is 568 g/mol. The standard InChI is InChI=1S/C26H44O16/c27-6-17-20(35)21(36)22(37)25(41-17)42-24-19(34)14(32)7-38-26(24)40-16-5-10-11(29)3-9(28)4-15(10)39-23(16)8-1-12(30)18(33)13(31)2-8/h8-37H,1-7H2/t8?,9?,10?,11?,12?,13?,14-,15?,16?,17+,18?,19-,20+,21-,22+,23?,24+,25-,26-/m0/s1. The number of aliphatic hydroxyl groups is 11. The molecule has 8 unspecified atom stereocenters. The van der Waals surface area contributed by atoms with Crippen molar-refractivity contribution in [1.29, 1.82) is 0 Å². The van der Waals surface area contributed by atoms with Gasteiger partial charge >= 0.3 is 0 Å². The molecular formula is C26H44O16. The Labute approximate surface area is 241 Å². The molecule has 0 amide bonds. The van der Waals surface area contributed by atoms with Gasteiger partial charge in [-0.25, -0.2) is 0 Å². The van der Waals surface area contributed by atoms with Crippen LogP contribution in [0, 0.1) is 11.8 Å². The molecule has 0 aromatic heterocycles. The van der Waals surface area contributed by atoms with Crippen LogP contribution in [-0.4, -0.2) is 174 Å². The summed E-state index contributed by atoms with van der Waals surface area (Å²) in [4.78, 5) is 0. The fourth-order valence-corrected chi connectivity index (χ4v) is 7.00. The number of rotatable bonds is 6. The minimum Gasteiger partial charge on any atom is -0.394 e. The van der Waals surface area contributed by atoms with E-state index in [1.165, 1.54) is 0 Å². The van der Waals surface area contributed by atoms with Gasteiger partial charge in [0.1, 0.15) is 48.8 Å². The molecule has 0 spiro atoms. The van der Waals surface area contributed by atoms with Crippen LogP contribution >= 0.6 is 0 Å². The zero-order valence-electron chi connectivity index (χ0n) is 22.9. The molecule has 5 rings (SSSR count). The first kappa shape index (κ1) is 32.7. The number of hydrogen-bond donors (Lipinski definition) is 11. The van der Waals surface area contributed by atoms with Crippen LogP contribution in [0.1, 0.15) is 32.1 Å². The molecule has 3 saturated heterocycles. The summed E-state index contributed by atoms with van der Waals surface area (Å²) >= 11 is 0. The quantitative estimate of drug-likeness (QED) is 0.133. The van der Waals surface area contributed by atoms with Gasteiger partial charge in [0.25, 0.3) is 0 Å². The maximum absolute atomic E-state index is 10.8. The molecule has 11 N–H and O–H groups in total. The van der Waals surface area contributed by atoms with Gasteiger partial charge in [-0.3, -0.25) is 0 Å². The summed E-state index contributed by atoms with van der Waals surface area (Å²) in [6.07, 6.45) is -21.3. The number of aliphatic hydroxyl groups excluding tert-OH is 11. The molecule has 0 aromatic rings. The predicted octanol–water partition coefficient (Wildman–Crippen LogP) is -5.58. The smallest absolute Gasteiger partial charge is 0.187 e. The molecule has 0 radical (unpaired) electrons. The molecule has 244 valence electrons. The average molecular weight is 613 g/mol. The van der Waals surface area contributed by atoms with E-state index < -0.39 is 123 Å². The van der Waals surface area contributed by atoms with Crippen molar-refractivity contribution in [2.75, 3.05) is 13.2 Å². The van der Waals surface area contributed by atoms with E-state index in [9.17, 15) is 56.2 Å². The van der Waals surface area contributed by atoms with Gasteiger partial charge in [0.05, 0.1) is 55.9 Å². The Bertz CT molecular complexity index is 869. The monoisotopic (exact) mass is 612 g/mol. The zero-order valence-corrected chi connectivity index (χ0v) is 22.9. The van der Waals surface area contributed by atoms with Crippen LogP contribution in [0.15, 0.2) is 0 Å². The van der Waals surface area contributed by atoms with Crippen LogP contribution in [0.2, 0.25) is 0 Å². The highest BCUT2D eigenvalue weighted by molar-refractivity contribution is 5.00. The van der Waals surface area contributed by atoms with Crippen molar-refractivity contribution in [2.45, 2.75) is 136 Å². The van der Waals surface area contributed by atoms with Gasteiger partial charge < -0.3 is 79.9 Å². The summed E-state index contributed by atoms with van der Waals surface area (Å²) in [5.41, 5.74) is 0. The van der Waals surface area contributed by atoms with Gasteiger partial charge in [-0.15, -0.1) is 0 Å². The van der Waals surface area contributed by atoms with Crippen LogP contribution in [-0.2, 0) is 23.7 Å². The van der Waals surface area contributed by atoms with E-state index in [4.69, 9.17) is 23.7 Å². The second-order valence-electron chi connectivity index (χ2n) is 12.3. The van der Waals surface area contributed by atoms with Crippen molar-refractivity contribution in [3.8, 4) is 0 Å². The van der Waals surface area contributed by atoms with Crippen molar-refractivity contribution in [2.24, 2.45) is 11.8 Å². The van der Waals surface area contributed by atoms with Crippen LogP contribution in [0.25, 0.3) is 0 Å². The highest BCUT2D eigenvalue weighted by Gasteiger charge is 2.53. The first-order valence-corrected chi connectivity index (χ1v) is 14.5. The Balaban J connectivity index is 1.38. The van der Waals surface area contributed by atoms with Crippen LogP contribution < -0.4 is 0 Å². The highest BCUT2D eigenvalue weighted by Crippen LogP contribution is 2.43. The molecule has 17 atom stereocenters. The second-order valence-corrected chi connectivity index (χ2v) is 12.3. The lowest BCUT2D eigenvalue weighted by atomic mass is 9.72. The summed E-state index contributed by atoms with van der Waals surface area (Å²) in [7, 11) is 0. The SMILES string of the molecule is OC[C@H]1O[C@@H](O[C@H]2[C@H](OC3CC4C(O)CC(O)CC4OC3C3CC(O)C(O)C(O)C3)OC[C@H](O)[C@@H]2O)[C@H](O)[C@@H](O)[C@@H]1O. The van der Waals surface area contributed by atoms with E-state index in [1.54, 1.807) is 0 Å². The van der Waals surface area contributed by atoms with Gasteiger partial charge in [-0.05, 0) is 38.0 Å². The summed E-state index contributed by atoms with van der Waals surface area (Å²) in [5.74, 6) is -0.980. The average Bonchev–Trinajstić information content (AvgIpc) is 2.95. The van der Waals surface area contributed by atoms with Gasteiger partial charge in [0.15, 0.2) is 12.6 Å². The summed E-state index contributed by atoms with van der Waals surface area (Å²) in [6.45, 7) is -1.09. The molecule has 42 heavy (non-hydrogen) atoms. The summed E-state index contributed by atoms with van der Waals surface area (Å²) < 4.78 is 29.5. The first-order chi connectivity index (χ1) is 19.9.